The summed E-state index contributed by atoms with van der Waals surface area (Å²) in [6, 6.07) is 9.67. The lowest BCUT2D eigenvalue weighted by molar-refractivity contribution is -0.384. The minimum Gasteiger partial charge on any atom is -0.496 e. The number of nitrogens with zero attached hydrogens (tertiary/aromatic N) is 1. The molecule has 118 valence electrons. The number of nitro benzene ring substituents is 1. The number of carbonyl (C=O) groups is 1. The van der Waals surface area contributed by atoms with Crippen LogP contribution in [0.4, 0.5) is 15.8 Å². The first kappa shape index (κ1) is 16.2. The van der Waals surface area contributed by atoms with Gasteiger partial charge in [-0.05, 0) is 35.9 Å². The molecular weight excluding hydrogens is 303 g/mol. The van der Waals surface area contributed by atoms with E-state index in [4.69, 9.17) is 4.74 Å². The first-order valence-corrected chi connectivity index (χ1v) is 6.56. The van der Waals surface area contributed by atoms with Crippen LogP contribution in [0.25, 0.3) is 6.08 Å². The van der Waals surface area contributed by atoms with Crippen LogP contribution in [0.1, 0.15) is 5.56 Å². The van der Waals surface area contributed by atoms with Gasteiger partial charge in [-0.2, -0.15) is 0 Å². The molecule has 6 nitrogen and oxygen atoms in total. The number of hydrogen-bond acceptors (Lipinski definition) is 4. The Hall–Kier alpha value is -3.22. The van der Waals surface area contributed by atoms with Crippen LogP contribution in [-0.4, -0.2) is 17.9 Å². The van der Waals surface area contributed by atoms with E-state index in [2.05, 4.69) is 5.32 Å². The van der Waals surface area contributed by atoms with Crippen molar-refractivity contribution in [2.45, 2.75) is 0 Å². The summed E-state index contributed by atoms with van der Waals surface area (Å²) in [6.07, 6.45) is 2.69. The van der Waals surface area contributed by atoms with Gasteiger partial charge in [0, 0.05) is 6.08 Å². The van der Waals surface area contributed by atoms with Crippen molar-refractivity contribution in [3.8, 4) is 5.75 Å². The Kier molecular flexibility index (Phi) is 5.03. The molecule has 0 aromatic heterocycles. The summed E-state index contributed by atoms with van der Waals surface area (Å²) in [7, 11) is 1.39. The van der Waals surface area contributed by atoms with E-state index < -0.39 is 10.8 Å². The van der Waals surface area contributed by atoms with E-state index >= 15 is 0 Å². The van der Waals surface area contributed by atoms with E-state index in [9.17, 15) is 19.3 Å². The van der Waals surface area contributed by atoms with E-state index in [1.165, 1.54) is 61.7 Å². The quantitative estimate of drug-likeness (QED) is 0.521. The Morgan fingerprint density at radius 3 is 2.57 bits per heavy atom. The number of ether oxygens (including phenoxy) is 1. The van der Waals surface area contributed by atoms with Crippen LogP contribution in [0.5, 0.6) is 5.75 Å². The third-order valence-corrected chi connectivity index (χ3v) is 2.96. The van der Waals surface area contributed by atoms with Crippen LogP contribution in [-0.2, 0) is 4.79 Å². The van der Waals surface area contributed by atoms with Crippen LogP contribution in [0, 0.1) is 15.9 Å². The lowest BCUT2D eigenvalue weighted by atomic mass is 10.2. The number of amides is 1. The molecule has 0 aliphatic heterocycles. The van der Waals surface area contributed by atoms with Crippen LogP contribution in [0.15, 0.2) is 48.5 Å². The number of rotatable bonds is 5. The second kappa shape index (κ2) is 7.17. The third-order valence-electron chi connectivity index (χ3n) is 2.96. The number of nitrogens with one attached hydrogen (secondary N) is 1. The van der Waals surface area contributed by atoms with E-state index in [1.54, 1.807) is 0 Å². The van der Waals surface area contributed by atoms with Gasteiger partial charge in [0.15, 0.2) is 0 Å². The minimum atomic E-state index is -0.609. The molecule has 0 aliphatic rings. The Balaban J connectivity index is 2.13. The number of carbonyl (C=O) groups excluding carboxylic acids is 1. The molecule has 0 saturated carbocycles. The van der Waals surface area contributed by atoms with Crippen molar-refractivity contribution in [2.24, 2.45) is 0 Å². The van der Waals surface area contributed by atoms with Gasteiger partial charge in [0.05, 0.1) is 18.1 Å². The summed E-state index contributed by atoms with van der Waals surface area (Å²) in [5, 5.41) is 13.5. The molecule has 0 heterocycles. The molecule has 0 unspecified atom stereocenters. The summed E-state index contributed by atoms with van der Waals surface area (Å²) >= 11 is 0. The van der Waals surface area contributed by atoms with Crippen LogP contribution in [0.3, 0.4) is 0 Å². The fourth-order valence-corrected chi connectivity index (χ4v) is 1.82. The molecule has 0 spiro atoms. The Labute approximate surface area is 131 Å². The molecule has 0 atom stereocenters. The summed E-state index contributed by atoms with van der Waals surface area (Å²) in [4.78, 5) is 22.3. The lowest BCUT2D eigenvalue weighted by Gasteiger charge is -2.05. The minimum absolute atomic E-state index is 0.0598. The van der Waals surface area contributed by atoms with Crippen molar-refractivity contribution in [1.29, 1.82) is 0 Å². The maximum absolute atomic E-state index is 12.8. The van der Waals surface area contributed by atoms with Crippen LogP contribution >= 0.6 is 0 Å². The number of methoxy groups -OCH3 is 1. The average molecular weight is 316 g/mol. The molecular formula is C16H13FN2O4. The Morgan fingerprint density at radius 2 is 1.96 bits per heavy atom. The van der Waals surface area contributed by atoms with Gasteiger partial charge in [-0.3, -0.25) is 14.9 Å². The first-order valence-electron chi connectivity index (χ1n) is 6.56. The highest BCUT2D eigenvalue weighted by molar-refractivity contribution is 6.03. The van der Waals surface area contributed by atoms with E-state index in [0.717, 1.165) is 0 Å². The SMILES string of the molecule is COc1ccc(NC(=O)C=Cc2ccc(F)cc2)c([N+](=O)[O-])c1. The van der Waals surface area contributed by atoms with Crippen molar-refractivity contribution in [2.75, 3.05) is 12.4 Å². The number of halogens is 1. The van der Waals surface area contributed by atoms with Crippen molar-refractivity contribution in [1.82, 2.24) is 0 Å². The van der Waals surface area contributed by atoms with Gasteiger partial charge in [0.25, 0.3) is 5.69 Å². The van der Waals surface area contributed by atoms with Crippen molar-refractivity contribution in [3.05, 3.63) is 70.0 Å². The zero-order valence-electron chi connectivity index (χ0n) is 12.2. The zero-order valence-corrected chi connectivity index (χ0v) is 12.2. The van der Waals surface area contributed by atoms with Crippen LogP contribution in [0.2, 0.25) is 0 Å². The average Bonchev–Trinajstić information content (AvgIpc) is 2.54. The molecule has 1 amide bonds. The zero-order chi connectivity index (χ0) is 16.8. The Bertz CT molecular complexity index is 757. The fraction of sp³-hybridized carbons (Fsp3) is 0.0625. The Morgan fingerprint density at radius 1 is 1.26 bits per heavy atom. The number of benzene rings is 2. The highest BCUT2D eigenvalue weighted by Crippen LogP contribution is 2.28. The molecule has 2 rings (SSSR count). The van der Waals surface area contributed by atoms with Gasteiger partial charge in [-0.15, -0.1) is 0 Å². The molecule has 7 heteroatoms. The summed E-state index contributed by atoms with van der Waals surface area (Å²) in [5.41, 5.74) is 0.420. The standard InChI is InChI=1S/C16H13FN2O4/c1-23-13-7-8-14(15(10-13)19(21)22)18-16(20)9-4-11-2-5-12(17)6-3-11/h2-10H,1H3,(H,18,20). The van der Waals surface area contributed by atoms with Gasteiger partial charge in [0.1, 0.15) is 17.3 Å². The lowest BCUT2D eigenvalue weighted by Crippen LogP contribution is -2.09. The smallest absolute Gasteiger partial charge is 0.296 e. The second-order valence-corrected chi connectivity index (χ2v) is 4.51. The van der Waals surface area contributed by atoms with Gasteiger partial charge in [-0.1, -0.05) is 12.1 Å². The molecule has 0 fully saturated rings. The van der Waals surface area contributed by atoms with Gasteiger partial charge < -0.3 is 10.1 Å². The summed E-state index contributed by atoms with van der Waals surface area (Å²) < 4.78 is 17.7. The predicted molar refractivity (Wildman–Crippen MR) is 83.7 cm³/mol. The van der Waals surface area contributed by atoms with Gasteiger partial charge >= 0.3 is 0 Å². The first-order chi connectivity index (χ1) is 11.0. The molecule has 0 saturated heterocycles. The molecule has 0 radical (unpaired) electrons. The van der Waals surface area contributed by atoms with Crippen molar-refractivity contribution in [3.63, 3.8) is 0 Å². The highest BCUT2D eigenvalue weighted by Gasteiger charge is 2.16. The topological polar surface area (TPSA) is 81.5 Å². The molecule has 23 heavy (non-hydrogen) atoms. The fourth-order valence-electron chi connectivity index (χ4n) is 1.82. The summed E-state index contributed by atoms with van der Waals surface area (Å²) in [5.74, 6) is -0.598. The molecule has 1 N–H and O–H groups in total. The highest BCUT2D eigenvalue weighted by atomic mass is 19.1. The number of nitro groups is 1. The number of anilines is 1. The van der Waals surface area contributed by atoms with E-state index in [-0.39, 0.29) is 17.2 Å². The van der Waals surface area contributed by atoms with E-state index in [0.29, 0.717) is 11.3 Å². The van der Waals surface area contributed by atoms with Gasteiger partial charge in [0.2, 0.25) is 5.91 Å². The molecule has 2 aromatic carbocycles. The predicted octanol–water partition coefficient (Wildman–Crippen LogP) is 3.39. The third kappa shape index (κ3) is 4.37. The molecule has 2 aromatic rings. The van der Waals surface area contributed by atoms with Crippen molar-refractivity contribution >= 4 is 23.4 Å². The summed E-state index contributed by atoms with van der Waals surface area (Å²) in [6.45, 7) is 0. The normalized spacial score (nSPS) is 10.5. The maximum atomic E-state index is 12.8. The van der Waals surface area contributed by atoms with Crippen LogP contribution < -0.4 is 10.1 Å². The van der Waals surface area contributed by atoms with Crippen molar-refractivity contribution < 1.29 is 18.8 Å². The largest absolute Gasteiger partial charge is 0.496 e. The molecule has 0 bridgehead atoms. The van der Waals surface area contributed by atoms with E-state index in [1.807, 2.05) is 0 Å². The molecule has 0 aliphatic carbocycles. The number of hydrogen-bond donors (Lipinski definition) is 1. The maximum Gasteiger partial charge on any atom is 0.296 e. The second-order valence-electron chi connectivity index (χ2n) is 4.51. The monoisotopic (exact) mass is 316 g/mol. The van der Waals surface area contributed by atoms with Gasteiger partial charge in [-0.25, -0.2) is 4.39 Å².